The maximum Gasteiger partial charge on any atom is 0.0944 e. The van der Waals surface area contributed by atoms with Crippen LogP contribution in [0.5, 0.6) is 0 Å². The summed E-state index contributed by atoms with van der Waals surface area (Å²) in [5.74, 6) is 0. The second-order valence-corrected chi connectivity index (χ2v) is 4.20. The van der Waals surface area contributed by atoms with Crippen LogP contribution in [0.4, 0.5) is 0 Å². The van der Waals surface area contributed by atoms with E-state index < -0.39 is 0 Å². The second-order valence-electron chi connectivity index (χ2n) is 4.20. The lowest BCUT2D eigenvalue weighted by Gasteiger charge is -2.33. The maximum atomic E-state index is 5.35. The first-order chi connectivity index (χ1) is 5.14. The molecule has 1 rings (SSSR count). The van der Waals surface area contributed by atoms with Crippen molar-refractivity contribution in [1.82, 2.24) is 0 Å². The highest BCUT2D eigenvalue weighted by molar-refractivity contribution is 4.78. The number of hydrogen-bond acceptors (Lipinski definition) is 2. The summed E-state index contributed by atoms with van der Waals surface area (Å²) in [4.78, 5) is 0. The molecule has 0 spiro atoms. The normalized spacial score (nSPS) is 25.4. The Kier molecular flexibility index (Phi) is 2.90. The van der Waals surface area contributed by atoms with Crippen molar-refractivity contribution in [2.24, 2.45) is 11.1 Å². The van der Waals surface area contributed by atoms with Gasteiger partial charge in [-0.15, -0.1) is 0 Å². The summed E-state index contributed by atoms with van der Waals surface area (Å²) in [7, 11) is 0. The Morgan fingerprint density at radius 2 is 1.91 bits per heavy atom. The summed E-state index contributed by atoms with van der Waals surface area (Å²) in [5.41, 5.74) is 5.84. The van der Waals surface area contributed by atoms with E-state index in [2.05, 4.69) is 13.8 Å². The van der Waals surface area contributed by atoms with Gasteiger partial charge in [0.15, 0.2) is 0 Å². The highest BCUT2D eigenvalue weighted by atomic mass is 16.5. The van der Waals surface area contributed by atoms with Gasteiger partial charge in [0.25, 0.3) is 0 Å². The zero-order valence-corrected chi connectivity index (χ0v) is 7.60. The molecule has 0 saturated heterocycles. The molecule has 0 aliphatic heterocycles. The van der Waals surface area contributed by atoms with Crippen molar-refractivity contribution >= 4 is 0 Å². The lowest BCUT2D eigenvalue weighted by molar-refractivity contribution is 0.00758. The average Bonchev–Trinajstić information content (AvgIpc) is 1.94. The van der Waals surface area contributed by atoms with E-state index in [9.17, 15) is 0 Å². The van der Waals surface area contributed by atoms with Crippen molar-refractivity contribution in [3.63, 3.8) is 0 Å². The van der Waals surface area contributed by atoms with E-state index in [4.69, 9.17) is 10.5 Å². The molecule has 1 aliphatic carbocycles. The summed E-state index contributed by atoms with van der Waals surface area (Å²) in [6.07, 6.45) is 5.36. The molecule has 1 saturated carbocycles. The minimum Gasteiger partial charge on any atom is -0.363 e. The Morgan fingerprint density at radius 1 is 1.36 bits per heavy atom. The molecule has 0 unspecified atom stereocenters. The molecule has 2 heteroatoms. The molecule has 0 bridgehead atoms. The van der Waals surface area contributed by atoms with Crippen molar-refractivity contribution in [2.45, 2.75) is 45.6 Å². The largest absolute Gasteiger partial charge is 0.363 e. The molecule has 0 heterocycles. The zero-order valence-electron chi connectivity index (χ0n) is 7.60. The second kappa shape index (κ2) is 3.55. The third-order valence-electron chi connectivity index (χ3n) is 2.62. The Morgan fingerprint density at radius 3 is 2.36 bits per heavy atom. The third kappa shape index (κ3) is 2.80. The van der Waals surface area contributed by atoms with Crippen molar-refractivity contribution in [3.8, 4) is 0 Å². The van der Waals surface area contributed by atoms with Crippen LogP contribution in [-0.4, -0.2) is 12.8 Å². The van der Waals surface area contributed by atoms with E-state index in [-0.39, 0.29) is 0 Å². The molecule has 1 aliphatic rings. The SMILES string of the molecule is CC1(C)CCC(OCN)CC1. The minimum absolute atomic E-state index is 0.380. The minimum atomic E-state index is 0.380. The standard InChI is InChI=1S/C9H19NO/c1-9(2)5-3-8(4-6-9)11-7-10/h8H,3-7,10H2,1-2H3. The highest BCUT2D eigenvalue weighted by Gasteiger charge is 2.26. The molecule has 2 nitrogen and oxygen atoms in total. The van der Waals surface area contributed by atoms with E-state index in [0.29, 0.717) is 18.2 Å². The van der Waals surface area contributed by atoms with Crippen LogP contribution >= 0.6 is 0 Å². The van der Waals surface area contributed by atoms with Crippen molar-refractivity contribution in [1.29, 1.82) is 0 Å². The summed E-state index contributed by atoms with van der Waals surface area (Å²) in [6, 6.07) is 0. The number of nitrogens with two attached hydrogens (primary N) is 1. The molecule has 0 aromatic heterocycles. The molecule has 0 aromatic rings. The summed E-state index contributed by atoms with van der Waals surface area (Å²) >= 11 is 0. The third-order valence-corrected chi connectivity index (χ3v) is 2.62. The Labute approximate surface area is 69.1 Å². The average molecular weight is 157 g/mol. The van der Waals surface area contributed by atoms with Crippen LogP contribution in [0.2, 0.25) is 0 Å². The predicted molar refractivity (Wildman–Crippen MR) is 46.2 cm³/mol. The molecule has 2 N–H and O–H groups in total. The van der Waals surface area contributed by atoms with Crippen LogP contribution < -0.4 is 5.73 Å². The van der Waals surface area contributed by atoms with Crippen molar-refractivity contribution in [2.75, 3.05) is 6.73 Å². The van der Waals surface area contributed by atoms with Crippen LogP contribution in [0.25, 0.3) is 0 Å². The highest BCUT2D eigenvalue weighted by Crippen LogP contribution is 2.35. The lowest BCUT2D eigenvalue weighted by atomic mass is 9.76. The molecule has 0 atom stereocenters. The van der Waals surface area contributed by atoms with Crippen LogP contribution in [0.3, 0.4) is 0 Å². The molecular weight excluding hydrogens is 138 g/mol. The van der Waals surface area contributed by atoms with Gasteiger partial charge in [-0.05, 0) is 31.1 Å². The smallest absolute Gasteiger partial charge is 0.0944 e. The van der Waals surface area contributed by atoms with Gasteiger partial charge in [0, 0.05) is 0 Å². The van der Waals surface area contributed by atoms with Crippen LogP contribution in [-0.2, 0) is 4.74 Å². The first-order valence-electron chi connectivity index (χ1n) is 4.46. The Balaban J connectivity index is 2.25. The fourth-order valence-corrected chi connectivity index (χ4v) is 1.68. The summed E-state index contributed by atoms with van der Waals surface area (Å²) in [6.45, 7) is 5.03. The first kappa shape index (κ1) is 9.01. The monoisotopic (exact) mass is 157 g/mol. The summed E-state index contributed by atoms with van der Waals surface area (Å²) < 4.78 is 5.35. The maximum absolute atomic E-state index is 5.35. The number of ether oxygens (including phenoxy) is 1. The Bertz CT molecular complexity index is 113. The molecular formula is C9H19NO. The van der Waals surface area contributed by atoms with Crippen LogP contribution in [0, 0.1) is 5.41 Å². The molecule has 11 heavy (non-hydrogen) atoms. The van der Waals surface area contributed by atoms with Gasteiger partial charge in [-0.2, -0.15) is 0 Å². The number of hydrogen-bond donors (Lipinski definition) is 1. The first-order valence-corrected chi connectivity index (χ1v) is 4.46. The van der Waals surface area contributed by atoms with Gasteiger partial charge in [-0.3, -0.25) is 0 Å². The summed E-state index contributed by atoms with van der Waals surface area (Å²) in [5, 5.41) is 0. The fraction of sp³-hybridized carbons (Fsp3) is 1.00. The topological polar surface area (TPSA) is 35.2 Å². The molecule has 0 radical (unpaired) electrons. The van der Waals surface area contributed by atoms with Crippen molar-refractivity contribution in [3.05, 3.63) is 0 Å². The van der Waals surface area contributed by atoms with Crippen molar-refractivity contribution < 1.29 is 4.74 Å². The fourth-order valence-electron chi connectivity index (χ4n) is 1.68. The molecule has 66 valence electrons. The molecule has 1 fully saturated rings. The lowest BCUT2D eigenvalue weighted by Crippen LogP contribution is -2.28. The molecule has 0 aromatic carbocycles. The van der Waals surface area contributed by atoms with Crippen LogP contribution in [0.15, 0.2) is 0 Å². The van der Waals surface area contributed by atoms with Gasteiger partial charge in [-0.25, -0.2) is 0 Å². The van der Waals surface area contributed by atoms with E-state index in [1.54, 1.807) is 0 Å². The van der Waals surface area contributed by atoms with Gasteiger partial charge in [-0.1, -0.05) is 13.8 Å². The van der Waals surface area contributed by atoms with Gasteiger partial charge in [0.2, 0.25) is 0 Å². The van der Waals surface area contributed by atoms with E-state index in [1.165, 1.54) is 25.7 Å². The predicted octanol–water partition coefficient (Wildman–Crippen LogP) is 1.89. The Hall–Kier alpha value is -0.0800. The van der Waals surface area contributed by atoms with Gasteiger partial charge >= 0.3 is 0 Å². The molecule has 0 amide bonds. The van der Waals surface area contributed by atoms with E-state index >= 15 is 0 Å². The van der Waals surface area contributed by atoms with Gasteiger partial charge < -0.3 is 10.5 Å². The van der Waals surface area contributed by atoms with E-state index in [1.807, 2.05) is 0 Å². The van der Waals surface area contributed by atoms with Gasteiger partial charge in [0.05, 0.1) is 12.8 Å². The zero-order chi connectivity index (χ0) is 8.32. The van der Waals surface area contributed by atoms with Gasteiger partial charge in [0.1, 0.15) is 0 Å². The van der Waals surface area contributed by atoms with Crippen LogP contribution in [0.1, 0.15) is 39.5 Å². The quantitative estimate of drug-likeness (QED) is 0.621. The number of rotatable bonds is 2. The van der Waals surface area contributed by atoms with E-state index in [0.717, 1.165) is 0 Å².